The lowest BCUT2D eigenvalue weighted by molar-refractivity contribution is -0.150. The van der Waals surface area contributed by atoms with Gasteiger partial charge in [0.25, 0.3) is 0 Å². The maximum absolute atomic E-state index is 11.5. The first-order valence-corrected chi connectivity index (χ1v) is 7.12. The molecule has 21 heavy (non-hydrogen) atoms. The smallest absolute Gasteiger partial charge is 0.306 e. The number of esters is 2. The second kappa shape index (κ2) is 11.7. The molecule has 0 N–H and O–H groups in total. The van der Waals surface area contributed by atoms with Gasteiger partial charge in [0, 0.05) is 25.7 Å². The monoisotopic (exact) mass is 294 g/mol. The van der Waals surface area contributed by atoms with Crippen LogP contribution in [0.4, 0.5) is 0 Å². The molecule has 0 rings (SSSR count). The van der Waals surface area contributed by atoms with Gasteiger partial charge in [-0.3, -0.25) is 9.59 Å². The predicted octanol–water partition coefficient (Wildman–Crippen LogP) is 2.63. The highest BCUT2D eigenvalue weighted by atomic mass is 16.5. The molecular weight excluding hydrogens is 272 g/mol. The summed E-state index contributed by atoms with van der Waals surface area (Å²) in [5.74, 6) is -0.739. The normalized spacial score (nSPS) is 12.6. The molecule has 0 amide bonds. The summed E-state index contributed by atoms with van der Waals surface area (Å²) in [7, 11) is 0. The zero-order valence-corrected chi connectivity index (χ0v) is 12.6. The molecule has 0 aromatic carbocycles. The SMILES string of the molecule is CC(CCC#N)OC(=O)CCCC(=O)OC(C)CCC#N. The number of carbonyl (C=O) groups is 2. The highest BCUT2D eigenvalue weighted by Crippen LogP contribution is 2.08. The van der Waals surface area contributed by atoms with E-state index < -0.39 is 0 Å². The third-order valence-corrected chi connectivity index (χ3v) is 2.75. The number of rotatable bonds is 10. The second-order valence-electron chi connectivity index (χ2n) is 4.85. The van der Waals surface area contributed by atoms with E-state index in [9.17, 15) is 9.59 Å². The second-order valence-corrected chi connectivity index (χ2v) is 4.85. The molecule has 0 aromatic rings. The van der Waals surface area contributed by atoms with Crippen LogP contribution >= 0.6 is 0 Å². The van der Waals surface area contributed by atoms with Gasteiger partial charge < -0.3 is 9.47 Å². The zero-order valence-electron chi connectivity index (χ0n) is 12.6. The van der Waals surface area contributed by atoms with Crippen molar-refractivity contribution in [3.63, 3.8) is 0 Å². The molecule has 0 aliphatic carbocycles. The minimum Gasteiger partial charge on any atom is -0.463 e. The van der Waals surface area contributed by atoms with Crippen LogP contribution < -0.4 is 0 Å². The minimum absolute atomic E-state index is 0.151. The average molecular weight is 294 g/mol. The van der Waals surface area contributed by atoms with Crippen molar-refractivity contribution in [2.45, 2.75) is 71.0 Å². The Morgan fingerprint density at radius 2 is 1.29 bits per heavy atom. The molecule has 0 bridgehead atoms. The Hall–Kier alpha value is -2.08. The van der Waals surface area contributed by atoms with Crippen LogP contribution in [0.1, 0.15) is 58.8 Å². The van der Waals surface area contributed by atoms with Crippen LogP contribution in [0.2, 0.25) is 0 Å². The van der Waals surface area contributed by atoms with E-state index in [0.29, 0.717) is 32.1 Å². The maximum atomic E-state index is 11.5. The highest BCUT2D eigenvalue weighted by Gasteiger charge is 2.12. The van der Waals surface area contributed by atoms with Crippen molar-refractivity contribution in [1.82, 2.24) is 0 Å². The molecule has 0 fully saturated rings. The molecule has 0 aliphatic rings. The number of nitriles is 2. The van der Waals surface area contributed by atoms with Crippen molar-refractivity contribution in [2.24, 2.45) is 0 Å². The molecule has 0 saturated carbocycles. The van der Waals surface area contributed by atoms with E-state index in [2.05, 4.69) is 0 Å². The zero-order chi connectivity index (χ0) is 16.1. The number of hydrogen-bond acceptors (Lipinski definition) is 6. The van der Waals surface area contributed by atoms with Crippen molar-refractivity contribution in [3.8, 4) is 12.1 Å². The predicted molar refractivity (Wildman–Crippen MR) is 74.7 cm³/mol. The summed E-state index contributed by atoms with van der Waals surface area (Å²) in [6.45, 7) is 3.47. The molecule has 0 radical (unpaired) electrons. The van der Waals surface area contributed by atoms with Gasteiger partial charge in [0.2, 0.25) is 0 Å². The van der Waals surface area contributed by atoms with E-state index in [1.807, 2.05) is 12.1 Å². The van der Waals surface area contributed by atoms with Crippen LogP contribution in [0, 0.1) is 22.7 Å². The number of nitrogens with zero attached hydrogens (tertiary/aromatic N) is 2. The Morgan fingerprint density at radius 3 is 1.62 bits per heavy atom. The van der Waals surface area contributed by atoms with Gasteiger partial charge in [-0.2, -0.15) is 10.5 Å². The molecule has 2 atom stereocenters. The molecule has 6 nitrogen and oxygen atoms in total. The average Bonchev–Trinajstić information content (AvgIpc) is 2.42. The Balaban J connectivity index is 3.73. The quantitative estimate of drug-likeness (QED) is 0.574. The van der Waals surface area contributed by atoms with Crippen LogP contribution in [-0.2, 0) is 19.1 Å². The van der Waals surface area contributed by atoms with E-state index in [1.54, 1.807) is 13.8 Å². The van der Waals surface area contributed by atoms with E-state index in [0.717, 1.165) is 0 Å². The van der Waals surface area contributed by atoms with Crippen LogP contribution in [0.5, 0.6) is 0 Å². The number of ether oxygens (including phenoxy) is 2. The van der Waals surface area contributed by atoms with Gasteiger partial charge in [-0.1, -0.05) is 0 Å². The van der Waals surface area contributed by atoms with Crippen molar-refractivity contribution in [1.29, 1.82) is 10.5 Å². The lowest BCUT2D eigenvalue weighted by atomic mass is 10.2. The summed E-state index contributed by atoms with van der Waals surface area (Å²) < 4.78 is 10.2. The number of carbonyl (C=O) groups excluding carboxylic acids is 2. The highest BCUT2D eigenvalue weighted by molar-refractivity contribution is 5.72. The lowest BCUT2D eigenvalue weighted by Gasteiger charge is -2.12. The van der Waals surface area contributed by atoms with Gasteiger partial charge in [-0.05, 0) is 33.1 Å². The van der Waals surface area contributed by atoms with Crippen molar-refractivity contribution < 1.29 is 19.1 Å². The molecule has 2 unspecified atom stereocenters. The minimum atomic E-state index is -0.370. The van der Waals surface area contributed by atoms with E-state index >= 15 is 0 Å². The number of hydrogen-bond donors (Lipinski definition) is 0. The Kier molecular flexibility index (Phi) is 10.6. The van der Waals surface area contributed by atoms with Gasteiger partial charge >= 0.3 is 11.9 Å². The van der Waals surface area contributed by atoms with Gasteiger partial charge in [-0.25, -0.2) is 0 Å². The van der Waals surface area contributed by atoms with Crippen molar-refractivity contribution in [2.75, 3.05) is 0 Å². The summed E-state index contributed by atoms with van der Waals surface area (Å²) in [6.07, 6.45) is 1.83. The molecular formula is C15H22N2O4. The van der Waals surface area contributed by atoms with Crippen LogP contribution in [-0.4, -0.2) is 24.1 Å². The summed E-state index contributed by atoms with van der Waals surface area (Å²) >= 11 is 0. The summed E-state index contributed by atoms with van der Waals surface area (Å²) in [5.41, 5.74) is 0. The topological polar surface area (TPSA) is 100 Å². The molecule has 0 spiro atoms. The lowest BCUT2D eigenvalue weighted by Crippen LogP contribution is -2.16. The van der Waals surface area contributed by atoms with Gasteiger partial charge in [-0.15, -0.1) is 0 Å². The molecule has 6 heteroatoms. The van der Waals surface area contributed by atoms with E-state index in [-0.39, 0.29) is 37.0 Å². The van der Waals surface area contributed by atoms with E-state index in [1.165, 1.54) is 0 Å². The van der Waals surface area contributed by atoms with E-state index in [4.69, 9.17) is 20.0 Å². The molecule has 0 saturated heterocycles. The fourth-order valence-corrected chi connectivity index (χ4v) is 1.60. The fraction of sp³-hybridized carbons (Fsp3) is 0.733. The maximum Gasteiger partial charge on any atom is 0.306 e. The van der Waals surface area contributed by atoms with Crippen LogP contribution in [0.3, 0.4) is 0 Å². The van der Waals surface area contributed by atoms with Crippen molar-refractivity contribution >= 4 is 11.9 Å². The van der Waals surface area contributed by atoms with Gasteiger partial charge in [0.15, 0.2) is 0 Å². The molecule has 0 aromatic heterocycles. The Labute approximate surface area is 125 Å². The third kappa shape index (κ3) is 11.4. The molecule has 116 valence electrons. The Morgan fingerprint density at radius 1 is 0.905 bits per heavy atom. The van der Waals surface area contributed by atoms with Crippen molar-refractivity contribution in [3.05, 3.63) is 0 Å². The Bertz CT molecular complexity index is 371. The largest absolute Gasteiger partial charge is 0.463 e. The first kappa shape index (κ1) is 18.9. The summed E-state index contributed by atoms with van der Waals surface area (Å²) in [5, 5.41) is 16.8. The third-order valence-electron chi connectivity index (χ3n) is 2.75. The van der Waals surface area contributed by atoms with Gasteiger partial charge in [0.1, 0.15) is 0 Å². The molecule has 0 aliphatic heterocycles. The first-order valence-electron chi connectivity index (χ1n) is 7.12. The van der Waals surface area contributed by atoms with Crippen LogP contribution in [0.25, 0.3) is 0 Å². The fourth-order valence-electron chi connectivity index (χ4n) is 1.60. The first-order chi connectivity index (χ1) is 9.99. The van der Waals surface area contributed by atoms with Gasteiger partial charge in [0.05, 0.1) is 24.3 Å². The van der Waals surface area contributed by atoms with Crippen LogP contribution in [0.15, 0.2) is 0 Å². The standard InChI is InChI=1S/C15H22N2O4/c1-12(6-4-10-16)20-14(18)8-3-9-15(19)21-13(2)7-5-11-17/h12-13H,3-9H2,1-2H3. The summed E-state index contributed by atoms with van der Waals surface area (Å²) in [6, 6.07) is 3.98. The molecule has 0 heterocycles. The summed E-state index contributed by atoms with van der Waals surface area (Å²) in [4.78, 5) is 22.9.